The van der Waals surface area contributed by atoms with E-state index in [1.165, 1.54) is 12.1 Å². The first kappa shape index (κ1) is 14.0. The molecule has 0 aliphatic rings. The molecule has 0 radical (unpaired) electrons. The van der Waals surface area contributed by atoms with E-state index in [0.717, 1.165) is 15.4 Å². The van der Waals surface area contributed by atoms with Crippen LogP contribution >= 0.6 is 15.9 Å². The smallest absolute Gasteiger partial charge is 0.258 e. The molecule has 0 aliphatic carbocycles. The molecular weight excluding hydrogens is 333 g/mol. The van der Waals surface area contributed by atoms with Crippen molar-refractivity contribution in [3.63, 3.8) is 0 Å². The third kappa shape index (κ3) is 2.63. The molecular formula is C17H13BrFNO. The number of pyridine rings is 1. The topological polar surface area (TPSA) is 22.0 Å². The van der Waals surface area contributed by atoms with E-state index < -0.39 is 0 Å². The molecule has 0 N–H and O–H groups in total. The highest BCUT2D eigenvalue weighted by Gasteiger charge is 2.12. The standard InChI is InChI=1S/C17H13BrFNO/c1-11(12-3-2-4-15(19)10-12)20-8-7-13-9-14(18)5-6-16(13)17(20)21/h2-11H,1H3. The van der Waals surface area contributed by atoms with E-state index in [2.05, 4.69) is 15.9 Å². The molecule has 21 heavy (non-hydrogen) atoms. The zero-order chi connectivity index (χ0) is 15.0. The van der Waals surface area contributed by atoms with Crippen LogP contribution in [0.3, 0.4) is 0 Å². The monoisotopic (exact) mass is 345 g/mol. The largest absolute Gasteiger partial charge is 0.308 e. The molecule has 0 bridgehead atoms. The molecule has 4 heteroatoms. The second-order valence-corrected chi connectivity index (χ2v) is 5.91. The van der Waals surface area contributed by atoms with Gasteiger partial charge in [0, 0.05) is 16.1 Å². The lowest BCUT2D eigenvalue weighted by Crippen LogP contribution is -2.23. The Morgan fingerprint density at radius 2 is 1.95 bits per heavy atom. The summed E-state index contributed by atoms with van der Waals surface area (Å²) in [6, 6.07) is 13.6. The van der Waals surface area contributed by atoms with Gasteiger partial charge in [0.1, 0.15) is 5.82 Å². The Bertz CT molecular complexity index is 872. The Balaban J connectivity index is 2.15. The van der Waals surface area contributed by atoms with E-state index in [-0.39, 0.29) is 17.4 Å². The molecule has 3 rings (SSSR count). The van der Waals surface area contributed by atoms with Crippen LogP contribution in [0.1, 0.15) is 18.5 Å². The molecule has 0 amide bonds. The second kappa shape index (κ2) is 5.45. The highest BCUT2D eigenvalue weighted by Crippen LogP contribution is 2.20. The maximum absolute atomic E-state index is 13.3. The van der Waals surface area contributed by atoms with E-state index in [1.54, 1.807) is 22.9 Å². The Morgan fingerprint density at radius 3 is 2.71 bits per heavy atom. The summed E-state index contributed by atoms with van der Waals surface area (Å²) in [6.07, 6.45) is 1.76. The minimum absolute atomic E-state index is 0.0724. The molecule has 1 unspecified atom stereocenters. The van der Waals surface area contributed by atoms with Gasteiger partial charge in [-0.2, -0.15) is 0 Å². The van der Waals surface area contributed by atoms with Crippen LogP contribution in [-0.4, -0.2) is 4.57 Å². The van der Waals surface area contributed by atoms with Crippen molar-refractivity contribution in [3.8, 4) is 0 Å². The van der Waals surface area contributed by atoms with Gasteiger partial charge in [-0.1, -0.05) is 28.1 Å². The Hall–Kier alpha value is -1.94. The normalized spacial score (nSPS) is 12.5. The van der Waals surface area contributed by atoms with Gasteiger partial charge in [-0.25, -0.2) is 4.39 Å². The number of fused-ring (bicyclic) bond motifs is 1. The summed E-state index contributed by atoms with van der Waals surface area (Å²) in [5.74, 6) is -0.294. The number of halogens is 2. The number of rotatable bonds is 2. The predicted octanol–water partition coefficient (Wildman–Crippen LogP) is 4.51. The van der Waals surface area contributed by atoms with Crippen LogP contribution in [0, 0.1) is 5.82 Å². The van der Waals surface area contributed by atoms with Gasteiger partial charge in [-0.05, 0) is 54.3 Å². The van der Waals surface area contributed by atoms with Crippen molar-refractivity contribution in [2.45, 2.75) is 13.0 Å². The lowest BCUT2D eigenvalue weighted by molar-refractivity contribution is 0.596. The number of aromatic nitrogens is 1. The van der Waals surface area contributed by atoms with Gasteiger partial charge >= 0.3 is 0 Å². The lowest BCUT2D eigenvalue weighted by Gasteiger charge is -2.16. The average Bonchev–Trinajstić information content (AvgIpc) is 2.47. The second-order valence-electron chi connectivity index (χ2n) is 4.99. The maximum Gasteiger partial charge on any atom is 0.258 e. The SMILES string of the molecule is CC(c1cccc(F)c1)n1ccc2cc(Br)ccc2c1=O. The van der Waals surface area contributed by atoms with Crippen molar-refractivity contribution in [2.75, 3.05) is 0 Å². The zero-order valence-electron chi connectivity index (χ0n) is 11.4. The number of hydrogen-bond donors (Lipinski definition) is 0. The van der Waals surface area contributed by atoms with Gasteiger partial charge in [0.25, 0.3) is 5.56 Å². The first-order valence-corrected chi connectivity index (χ1v) is 7.41. The summed E-state index contributed by atoms with van der Waals surface area (Å²) >= 11 is 3.40. The summed E-state index contributed by atoms with van der Waals surface area (Å²) in [5, 5.41) is 1.54. The Kier molecular flexibility index (Phi) is 3.64. The summed E-state index contributed by atoms with van der Waals surface area (Å²) in [4.78, 5) is 12.6. The van der Waals surface area contributed by atoms with Gasteiger partial charge in [0.05, 0.1) is 6.04 Å². The van der Waals surface area contributed by atoms with E-state index in [4.69, 9.17) is 0 Å². The zero-order valence-corrected chi connectivity index (χ0v) is 13.0. The summed E-state index contributed by atoms with van der Waals surface area (Å²) in [7, 11) is 0. The molecule has 1 aromatic heterocycles. The number of hydrogen-bond acceptors (Lipinski definition) is 1. The molecule has 0 fully saturated rings. The molecule has 2 nitrogen and oxygen atoms in total. The van der Waals surface area contributed by atoms with Gasteiger partial charge in [0.15, 0.2) is 0 Å². The van der Waals surface area contributed by atoms with Crippen molar-refractivity contribution in [2.24, 2.45) is 0 Å². The van der Waals surface area contributed by atoms with Crippen LogP contribution < -0.4 is 5.56 Å². The Labute approximate surface area is 130 Å². The van der Waals surface area contributed by atoms with Crippen LogP contribution in [0.2, 0.25) is 0 Å². The van der Waals surface area contributed by atoms with E-state index in [1.807, 2.05) is 31.2 Å². The van der Waals surface area contributed by atoms with Gasteiger partial charge < -0.3 is 4.57 Å². The minimum Gasteiger partial charge on any atom is -0.308 e. The molecule has 1 atom stereocenters. The maximum atomic E-state index is 13.3. The highest BCUT2D eigenvalue weighted by atomic mass is 79.9. The van der Waals surface area contributed by atoms with Gasteiger partial charge in [-0.15, -0.1) is 0 Å². The summed E-state index contributed by atoms with van der Waals surface area (Å²) in [5.41, 5.74) is 0.699. The molecule has 106 valence electrons. The molecule has 3 aromatic rings. The van der Waals surface area contributed by atoms with Crippen LogP contribution in [0.25, 0.3) is 10.8 Å². The van der Waals surface area contributed by atoms with Crippen molar-refractivity contribution in [3.05, 3.63) is 80.9 Å². The molecule has 0 aliphatic heterocycles. The van der Waals surface area contributed by atoms with Gasteiger partial charge in [0.2, 0.25) is 0 Å². The third-order valence-electron chi connectivity index (χ3n) is 3.64. The first-order chi connectivity index (χ1) is 10.1. The molecule has 0 saturated carbocycles. The first-order valence-electron chi connectivity index (χ1n) is 6.62. The lowest BCUT2D eigenvalue weighted by atomic mass is 10.1. The van der Waals surface area contributed by atoms with Crippen LogP contribution in [0.15, 0.2) is 64.0 Å². The minimum atomic E-state index is -0.294. The van der Waals surface area contributed by atoms with Crippen molar-refractivity contribution >= 4 is 26.7 Å². The Morgan fingerprint density at radius 1 is 1.14 bits per heavy atom. The molecule has 0 spiro atoms. The van der Waals surface area contributed by atoms with E-state index in [0.29, 0.717) is 5.39 Å². The predicted molar refractivity (Wildman–Crippen MR) is 86.1 cm³/mol. The van der Waals surface area contributed by atoms with E-state index >= 15 is 0 Å². The quantitative estimate of drug-likeness (QED) is 0.669. The highest BCUT2D eigenvalue weighted by molar-refractivity contribution is 9.10. The average molecular weight is 346 g/mol. The molecule has 1 heterocycles. The third-order valence-corrected chi connectivity index (χ3v) is 4.13. The summed E-state index contributed by atoms with van der Waals surface area (Å²) < 4.78 is 15.9. The van der Waals surface area contributed by atoms with Crippen LogP contribution in [0.4, 0.5) is 4.39 Å². The molecule has 2 aromatic carbocycles. The van der Waals surface area contributed by atoms with Crippen molar-refractivity contribution in [1.29, 1.82) is 0 Å². The number of nitrogens with zero attached hydrogens (tertiary/aromatic N) is 1. The van der Waals surface area contributed by atoms with Crippen LogP contribution in [-0.2, 0) is 0 Å². The fourth-order valence-electron chi connectivity index (χ4n) is 2.47. The molecule has 0 saturated heterocycles. The fraction of sp³-hybridized carbons (Fsp3) is 0.118. The van der Waals surface area contributed by atoms with Crippen molar-refractivity contribution < 1.29 is 4.39 Å². The number of benzene rings is 2. The fourth-order valence-corrected chi connectivity index (χ4v) is 2.84. The van der Waals surface area contributed by atoms with Gasteiger partial charge in [-0.3, -0.25) is 4.79 Å². The summed E-state index contributed by atoms with van der Waals surface area (Å²) in [6.45, 7) is 1.89. The van der Waals surface area contributed by atoms with E-state index in [9.17, 15) is 9.18 Å². The van der Waals surface area contributed by atoms with Crippen molar-refractivity contribution in [1.82, 2.24) is 4.57 Å². The van der Waals surface area contributed by atoms with Crippen LogP contribution in [0.5, 0.6) is 0 Å².